The molecule has 0 aliphatic heterocycles. The summed E-state index contributed by atoms with van der Waals surface area (Å²) >= 11 is 0. The van der Waals surface area contributed by atoms with E-state index in [-0.39, 0.29) is 5.92 Å². The summed E-state index contributed by atoms with van der Waals surface area (Å²) in [5.41, 5.74) is 28.5. The van der Waals surface area contributed by atoms with Gasteiger partial charge in [0.25, 0.3) is 0 Å². The van der Waals surface area contributed by atoms with Crippen LogP contribution in [0.1, 0.15) is 119 Å². The Hall–Kier alpha value is -9.64. The molecule has 98 heavy (non-hydrogen) atoms. The molecular formula is C94H108N4+4. The van der Waals surface area contributed by atoms with Gasteiger partial charge in [0.05, 0.1) is 0 Å². The van der Waals surface area contributed by atoms with Crippen molar-refractivity contribution < 1.29 is 23.8 Å². The predicted octanol–water partition coefficient (Wildman–Crippen LogP) is 22.2. The Bertz CT molecular complexity index is 4820. The second-order valence-corrected chi connectivity index (χ2v) is 29.5. The first-order chi connectivity index (χ1) is 48.3. The van der Waals surface area contributed by atoms with Crippen LogP contribution in [0, 0.1) is 50.4 Å². The number of pyridine rings is 4. The Morgan fingerprint density at radius 1 is 0.296 bits per heavy atom. The van der Waals surface area contributed by atoms with Gasteiger partial charge in [0.1, 0.15) is 28.2 Å². The molecule has 0 radical (unpaired) electrons. The van der Waals surface area contributed by atoms with Crippen molar-refractivity contribution in [1.29, 1.82) is 0 Å². The minimum absolute atomic E-state index is 0.0560. The second kappa shape index (κ2) is 33.1. The Kier molecular flexibility index (Phi) is 22.6. The van der Waals surface area contributed by atoms with Crippen molar-refractivity contribution in [2.75, 3.05) is 0 Å². The molecule has 0 amide bonds. The van der Waals surface area contributed by atoms with E-state index in [0.29, 0.717) is 11.3 Å². The molecule has 500 valence electrons. The van der Waals surface area contributed by atoms with Crippen LogP contribution in [0.3, 0.4) is 0 Å². The Balaban J connectivity index is 0.000000158. The lowest BCUT2D eigenvalue weighted by Gasteiger charge is -2.18. The molecule has 0 bridgehead atoms. The normalized spacial score (nSPS) is 12.2. The van der Waals surface area contributed by atoms with Gasteiger partial charge < -0.3 is 0 Å². The van der Waals surface area contributed by atoms with Crippen LogP contribution in [-0.2, 0) is 53.8 Å². The van der Waals surface area contributed by atoms with E-state index in [9.17, 15) is 0 Å². The van der Waals surface area contributed by atoms with Crippen molar-refractivity contribution in [3.63, 3.8) is 0 Å². The molecule has 12 rings (SSSR count). The number of hydrogen-bond donors (Lipinski definition) is 0. The summed E-state index contributed by atoms with van der Waals surface area (Å²) < 4.78 is 42.3. The van der Waals surface area contributed by atoms with Gasteiger partial charge in [-0.15, -0.1) is 0 Å². The molecule has 4 aromatic heterocycles. The van der Waals surface area contributed by atoms with Gasteiger partial charge in [-0.1, -0.05) is 239 Å². The smallest absolute Gasteiger partial charge is 0.200 e. The first-order valence-corrected chi connectivity index (χ1v) is 34.9. The fourth-order valence-corrected chi connectivity index (χ4v) is 12.8. The summed E-state index contributed by atoms with van der Waals surface area (Å²) in [7, 11) is 8.38. The third-order valence-corrected chi connectivity index (χ3v) is 17.5. The average Bonchev–Trinajstić information content (AvgIpc) is 0.789. The summed E-state index contributed by atoms with van der Waals surface area (Å²) in [6.45, 7) is 29.6. The monoisotopic (exact) mass is 1300 g/mol. The van der Waals surface area contributed by atoms with E-state index >= 15 is 0 Å². The lowest BCUT2D eigenvalue weighted by molar-refractivity contribution is -0.660. The van der Waals surface area contributed by atoms with Crippen LogP contribution in [0.25, 0.3) is 89.5 Å². The number of benzene rings is 8. The highest BCUT2D eigenvalue weighted by Gasteiger charge is 2.20. The zero-order valence-electron chi connectivity index (χ0n) is 65.8. The molecule has 4 heteroatoms. The van der Waals surface area contributed by atoms with Crippen LogP contribution >= 0.6 is 0 Å². The van der Waals surface area contributed by atoms with Crippen LogP contribution in [0.4, 0.5) is 0 Å². The summed E-state index contributed by atoms with van der Waals surface area (Å²) in [5.74, 6) is 0.640. The number of aromatic nitrogens is 4. The van der Waals surface area contributed by atoms with Crippen molar-refractivity contribution in [3.8, 4) is 89.5 Å². The van der Waals surface area contributed by atoms with E-state index in [1.54, 1.807) is 0 Å². The molecule has 0 aliphatic carbocycles. The van der Waals surface area contributed by atoms with E-state index in [2.05, 4.69) is 328 Å². The highest BCUT2D eigenvalue weighted by molar-refractivity contribution is 5.71. The molecule has 0 N–H and O–H groups in total. The molecule has 0 unspecified atom stereocenters. The van der Waals surface area contributed by atoms with Crippen molar-refractivity contribution in [2.24, 2.45) is 50.9 Å². The fraction of sp³-hybridized carbons (Fsp3) is 0.277. The van der Waals surface area contributed by atoms with Crippen molar-refractivity contribution in [2.45, 2.75) is 123 Å². The summed E-state index contributed by atoms with van der Waals surface area (Å²) in [6.07, 6.45) is 8.23. The molecule has 0 spiro atoms. The maximum atomic E-state index is 8.55. The lowest BCUT2D eigenvalue weighted by Crippen LogP contribution is -2.30. The van der Waals surface area contributed by atoms with Crippen molar-refractivity contribution in [3.05, 3.63) is 312 Å². The van der Waals surface area contributed by atoms with Crippen molar-refractivity contribution in [1.82, 2.24) is 0 Å². The lowest BCUT2D eigenvalue weighted by atomic mass is 9.87. The van der Waals surface area contributed by atoms with Crippen LogP contribution in [0.5, 0.6) is 0 Å². The minimum Gasteiger partial charge on any atom is -0.200 e. The molecule has 4 heterocycles. The quantitative estimate of drug-likeness (QED) is 0.0965. The second-order valence-electron chi connectivity index (χ2n) is 29.5. The van der Waals surface area contributed by atoms with Gasteiger partial charge in [-0.25, -0.2) is 18.3 Å². The molecule has 8 aromatic carbocycles. The average molecular weight is 1300 g/mol. The van der Waals surface area contributed by atoms with Gasteiger partial charge in [0, 0.05) is 74.3 Å². The SMILES string of the molecule is Cc1ccccc1-c1ccc(-c2ccc(CC(C)C)cc2)c[n+]1C.Cc1ccccc1-c1ccc(-c2cccc(CC(C)(C)C)c2)c[n+]1C.[2H]C([2H])(c1ccc(-c2ccc(-c3ccccc3C)[n+](C)c2)cc1)C(C)C.[2H]C([2H])(c1cccc(-c2ccc(-c3ccccc3C)[n+](C)c2)c1)C(C)(C)C. The zero-order chi connectivity index (χ0) is 73.8. The topological polar surface area (TPSA) is 15.5 Å². The van der Waals surface area contributed by atoms with Crippen LogP contribution in [0.15, 0.2) is 267 Å². The molecule has 0 saturated carbocycles. The Morgan fingerprint density at radius 3 is 0.908 bits per heavy atom. The van der Waals surface area contributed by atoms with E-state index in [1.165, 1.54) is 95.0 Å². The summed E-state index contributed by atoms with van der Waals surface area (Å²) in [5, 5.41) is 0. The van der Waals surface area contributed by atoms with Gasteiger partial charge in [-0.2, -0.15) is 0 Å². The first kappa shape index (κ1) is 67.0. The van der Waals surface area contributed by atoms with E-state index < -0.39 is 18.2 Å². The Labute approximate surface area is 595 Å². The number of aryl methyl sites for hydroxylation is 8. The van der Waals surface area contributed by atoms with Gasteiger partial charge in [0.15, 0.2) is 24.8 Å². The zero-order valence-corrected chi connectivity index (χ0v) is 61.8. The minimum atomic E-state index is -1.40. The predicted molar refractivity (Wildman–Crippen MR) is 416 cm³/mol. The maximum absolute atomic E-state index is 8.55. The summed E-state index contributed by atoms with van der Waals surface area (Å²) in [6, 6.07) is 84.9. The molecule has 12 aromatic rings. The molecule has 0 atom stereocenters. The largest absolute Gasteiger partial charge is 0.212 e. The van der Waals surface area contributed by atoms with Gasteiger partial charge >= 0.3 is 0 Å². The molecular weight excluding hydrogens is 1190 g/mol. The van der Waals surface area contributed by atoms with Crippen LogP contribution in [0.2, 0.25) is 0 Å². The van der Waals surface area contributed by atoms with Crippen LogP contribution in [-0.4, -0.2) is 0 Å². The summed E-state index contributed by atoms with van der Waals surface area (Å²) in [4.78, 5) is 0. The van der Waals surface area contributed by atoms with E-state index in [1.807, 2.05) is 83.1 Å². The van der Waals surface area contributed by atoms with Gasteiger partial charge in [-0.3, -0.25) is 0 Å². The van der Waals surface area contributed by atoms with E-state index in [4.69, 9.17) is 5.48 Å². The third kappa shape index (κ3) is 20.2. The van der Waals surface area contributed by atoms with Gasteiger partial charge in [-0.05, 0) is 191 Å². The van der Waals surface area contributed by atoms with Crippen LogP contribution < -0.4 is 18.3 Å². The Morgan fingerprint density at radius 2 is 0.602 bits per heavy atom. The first-order valence-electron chi connectivity index (χ1n) is 36.9. The maximum Gasteiger partial charge on any atom is 0.212 e. The van der Waals surface area contributed by atoms with Gasteiger partial charge in [0.2, 0.25) is 22.8 Å². The highest BCUT2D eigenvalue weighted by Crippen LogP contribution is 2.31. The van der Waals surface area contributed by atoms with Crippen molar-refractivity contribution >= 4 is 0 Å². The number of nitrogens with zero attached hydrogens (tertiary/aromatic N) is 4. The molecule has 0 aliphatic rings. The van der Waals surface area contributed by atoms with E-state index in [0.717, 1.165) is 51.9 Å². The third-order valence-electron chi connectivity index (χ3n) is 17.5. The molecule has 4 nitrogen and oxygen atoms in total. The number of hydrogen-bond acceptors (Lipinski definition) is 0. The molecule has 0 fully saturated rings. The fourth-order valence-electron chi connectivity index (χ4n) is 12.8. The standard InChI is InChI=1S/2C24H28N.2C23H26N/c2*1-18-9-6-7-12-22(18)23-14-13-21(17-25(23)5)20-11-8-10-19(15-20)16-24(2,3)4;2*1-17(2)15-19-9-11-20(12-10-19)21-13-14-23(24(4)16-21)22-8-6-5-7-18(22)3/h2*6-15,17H,16H2,1-5H3;2*5-14,16-17H,15H2,1-4H3/q4*+1/i16D2;;15D2;. The number of rotatable bonds is 14. The molecule has 0 saturated heterocycles. The highest BCUT2D eigenvalue weighted by atomic mass is 14.9.